The van der Waals surface area contributed by atoms with Crippen LogP contribution in [-0.4, -0.2) is 6.29 Å². The van der Waals surface area contributed by atoms with Gasteiger partial charge >= 0.3 is 0 Å². The number of thioether (sulfide) groups is 1. The van der Waals surface area contributed by atoms with Gasteiger partial charge in [-0.3, -0.25) is 4.79 Å². The molecule has 2 aromatic rings. The molecule has 2 aromatic carbocycles. The quantitative estimate of drug-likeness (QED) is 0.566. The van der Waals surface area contributed by atoms with Crippen molar-refractivity contribution in [1.29, 1.82) is 0 Å². The Balaban J connectivity index is 2.15. The zero-order valence-electron chi connectivity index (χ0n) is 10.9. The first-order valence-electron chi connectivity index (χ1n) is 6.04. The summed E-state index contributed by atoms with van der Waals surface area (Å²) >= 11 is 5.22. The SMILES string of the molecule is Cc1cc(C)c(CSc2ccc(Br)cc2)cc1C=O. The summed E-state index contributed by atoms with van der Waals surface area (Å²) in [7, 11) is 0. The Morgan fingerprint density at radius 1 is 1.11 bits per heavy atom. The third kappa shape index (κ3) is 3.71. The molecule has 0 unspecified atom stereocenters. The Morgan fingerprint density at radius 2 is 1.79 bits per heavy atom. The molecular weight excluding hydrogens is 320 g/mol. The first-order chi connectivity index (χ1) is 9.10. The fourth-order valence-electron chi connectivity index (χ4n) is 1.89. The molecule has 2 rings (SSSR count). The molecule has 0 aliphatic heterocycles. The minimum absolute atomic E-state index is 0.789. The van der Waals surface area contributed by atoms with Crippen LogP contribution in [0, 0.1) is 13.8 Å². The maximum absolute atomic E-state index is 11.0. The molecule has 3 heteroatoms. The highest BCUT2D eigenvalue weighted by Gasteiger charge is 2.05. The van der Waals surface area contributed by atoms with Crippen molar-refractivity contribution in [3.63, 3.8) is 0 Å². The van der Waals surface area contributed by atoms with E-state index in [4.69, 9.17) is 0 Å². The lowest BCUT2D eigenvalue weighted by Gasteiger charge is -2.09. The molecule has 0 aromatic heterocycles. The number of hydrogen-bond donors (Lipinski definition) is 0. The predicted octanol–water partition coefficient (Wildman–Crippen LogP) is 5.17. The van der Waals surface area contributed by atoms with E-state index in [0.29, 0.717) is 0 Å². The zero-order valence-corrected chi connectivity index (χ0v) is 13.3. The van der Waals surface area contributed by atoms with Crippen LogP contribution in [0.15, 0.2) is 45.8 Å². The van der Waals surface area contributed by atoms with Gasteiger partial charge in [-0.05, 0) is 60.9 Å². The van der Waals surface area contributed by atoms with Gasteiger partial charge in [-0.2, -0.15) is 0 Å². The Kier molecular flexibility index (Phi) is 4.83. The minimum atomic E-state index is 0.789. The molecule has 0 atom stereocenters. The maximum atomic E-state index is 11.0. The molecule has 0 radical (unpaired) electrons. The predicted molar refractivity (Wildman–Crippen MR) is 85.0 cm³/mol. The maximum Gasteiger partial charge on any atom is 0.150 e. The van der Waals surface area contributed by atoms with Gasteiger partial charge in [0, 0.05) is 20.7 Å². The van der Waals surface area contributed by atoms with Crippen LogP contribution in [0.3, 0.4) is 0 Å². The summed E-state index contributed by atoms with van der Waals surface area (Å²) in [5.41, 5.74) is 4.30. The second kappa shape index (κ2) is 6.40. The van der Waals surface area contributed by atoms with Crippen molar-refractivity contribution >= 4 is 34.0 Å². The fourth-order valence-corrected chi connectivity index (χ4v) is 3.12. The summed E-state index contributed by atoms with van der Waals surface area (Å²) in [5, 5.41) is 0. The van der Waals surface area contributed by atoms with E-state index in [1.165, 1.54) is 16.0 Å². The zero-order chi connectivity index (χ0) is 13.8. The van der Waals surface area contributed by atoms with Gasteiger partial charge in [-0.1, -0.05) is 22.0 Å². The fraction of sp³-hybridized carbons (Fsp3) is 0.188. The molecule has 0 spiro atoms. The molecule has 98 valence electrons. The summed E-state index contributed by atoms with van der Waals surface area (Å²) in [6, 6.07) is 12.4. The highest BCUT2D eigenvalue weighted by molar-refractivity contribution is 9.10. The van der Waals surface area contributed by atoms with Gasteiger partial charge in [-0.15, -0.1) is 11.8 Å². The molecule has 1 nitrogen and oxygen atoms in total. The van der Waals surface area contributed by atoms with Crippen molar-refractivity contribution in [2.75, 3.05) is 0 Å². The lowest BCUT2D eigenvalue weighted by Crippen LogP contribution is -1.94. The van der Waals surface area contributed by atoms with Crippen LogP contribution in [0.2, 0.25) is 0 Å². The Labute approximate surface area is 126 Å². The van der Waals surface area contributed by atoms with Crippen molar-refractivity contribution in [2.45, 2.75) is 24.5 Å². The molecule has 0 saturated heterocycles. The molecule has 0 heterocycles. The van der Waals surface area contributed by atoms with Gasteiger partial charge in [0.15, 0.2) is 0 Å². The molecule has 0 saturated carbocycles. The van der Waals surface area contributed by atoms with E-state index >= 15 is 0 Å². The average molecular weight is 335 g/mol. The van der Waals surface area contributed by atoms with Gasteiger partial charge in [0.2, 0.25) is 0 Å². The topological polar surface area (TPSA) is 17.1 Å². The summed E-state index contributed by atoms with van der Waals surface area (Å²) in [5.74, 6) is 0.884. The molecule has 0 amide bonds. The minimum Gasteiger partial charge on any atom is -0.298 e. The number of rotatable bonds is 4. The van der Waals surface area contributed by atoms with Gasteiger partial charge in [-0.25, -0.2) is 0 Å². The van der Waals surface area contributed by atoms with Crippen LogP contribution >= 0.6 is 27.7 Å². The number of aryl methyl sites for hydroxylation is 2. The van der Waals surface area contributed by atoms with E-state index in [-0.39, 0.29) is 0 Å². The summed E-state index contributed by atoms with van der Waals surface area (Å²) < 4.78 is 1.09. The largest absolute Gasteiger partial charge is 0.298 e. The lowest BCUT2D eigenvalue weighted by atomic mass is 10.0. The number of benzene rings is 2. The van der Waals surface area contributed by atoms with E-state index in [1.807, 2.05) is 25.1 Å². The van der Waals surface area contributed by atoms with Crippen molar-refractivity contribution in [1.82, 2.24) is 0 Å². The van der Waals surface area contributed by atoms with Crippen LogP contribution in [0.25, 0.3) is 0 Å². The van der Waals surface area contributed by atoms with Crippen LogP contribution in [-0.2, 0) is 5.75 Å². The lowest BCUT2D eigenvalue weighted by molar-refractivity contribution is 0.112. The van der Waals surface area contributed by atoms with Crippen LogP contribution in [0.4, 0.5) is 0 Å². The third-order valence-electron chi connectivity index (χ3n) is 3.06. The third-order valence-corrected chi connectivity index (χ3v) is 4.65. The number of hydrogen-bond acceptors (Lipinski definition) is 2. The number of carbonyl (C=O) groups is 1. The standard InChI is InChI=1S/C16H15BrOS/c1-11-7-12(2)14(8-13(11)9-18)10-19-16-5-3-15(17)4-6-16/h3-9H,10H2,1-2H3. The molecule has 0 N–H and O–H groups in total. The molecule has 0 aliphatic rings. The van der Waals surface area contributed by atoms with Crippen molar-refractivity contribution in [3.05, 3.63) is 63.1 Å². The monoisotopic (exact) mass is 334 g/mol. The highest BCUT2D eigenvalue weighted by atomic mass is 79.9. The van der Waals surface area contributed by atoms with Gasteiger partial charge < -0.3 is 0 Å². The average Bonchev–Trinajstić information content (AvgIpc) is 2.40. The van der Waals surface area contributed by atoms with Gasteiger partial charge in [0.1, 0.15) is 6.29 Å². The van der Waals surface area contributed by atoms with E-state index in [9.17, 15) is 4.79 Å². The normalized spacial score (nSPS) is 10.5. The highest BCUT2D eigenvalue weighted by Crippen LogP contribution is 2.26. The Hall–Kier alpha value is -1.06. The molecule has 0 fully saturated rings. The second-order valence-corrected chi connectivity index (χ2v) is 6.46. The van der Waals surface area contributed by atoms with Crippen molar-refractivity contribution in [3.8, 4) is 0 Å². The summed E-state index contributed by atoms with van der Waals surface area (Å²) in [4.78, 5) is 12.2. The summed E-state index contributed by atoms with van der Waals surface area (Å²) in [6.45, 7) is 4.07. The van der Waals surface area contributed by atoms with Crippen molar-refractivity contribution in [2.24, 2.45) is 0 Å². The molecular formula is C16H15BrOS. The first kappa shape index (κ1) is 14.4. The van der Waals surface area contributed by atoms with E-state index in [1.54, 1.807) is 11.8 Å². The smallest absolute Gasteiger partial charge is 0.150 e. The molecule has 0 bridgehead atoms. The van der Waals surface area contributed by atoms with Crippen molar-refractivity contribution < 1.29 is 4.79 Å². The molecule has 0 aliphatic carbocycles. The van der Waals surface area contributed by atoms with Crippen LogP contribution in [0.1, 0.15) is 27.0 Å². The second-order valence-electron chi connectivity index (χ2n) is 4.50. The number of aldehydes is 1. The number of carbonyl (C=O) groups excluding carboxylic acids is 1. The van der Waals surface area contributed by atoms with E-state index in [0.717, 1.165) is 27.6 Å². The van der Waals surface area contributed by atoms with E-state index < -0.39 is 0 Å². The van der Waals surface area contributed by atoms with Crippen LogP contribution < -0.4 is 0 Å². The van der Waals surface area contributed by atoms with Crippen LogP contribution in [0.5, 0.6) is 0 Å². The Morgan fingerprint density at radius 3 is 2.42 bits per heavy atom. The number of halogens is 1. The van der Waals surface area contributed by atoms with E-state index in [2.05, 4.69) is 41.1 Å². The van der Waals surface area contributed by atoms with Gasteiger partial charge in [0.05, 0.1) is 0 Å². The first-order valence-corrected chi connectivity index (χ1v) is 7.81. The summed E-state index contributed by atoms with van der Waals surface area (Å²) in [6.07, 6.45) is 0.933. The molecule has 19 heavy (non-hydrogen) atoms. The Bertz CT molecular complexity index is 590. The van der Waals surface area contributed by atoms with Gasteiger partial charge in [0.25, 0.3) is 0 Å².